The number of thiophene rings is 1. The first-order chi connectivity index (χ1) is 7.42. The maximum atomic E-state index is 8.73. The molecule has 0 aliphatic carbocycles. The lowest BCUT2D eigenvalue weighted by atomic mass is 10.3. The SMILES string of the molecule is OCCCCn1ccnc1-c1cccs1. The Labute approximate surface area is 93.0 Å². The van der Waals surface area contributed by atoms with Crippen LogP contribution in [0.2, 0.25) is 0 Å². The van der Waals surface area contributed by atoms with E-state index in [9.17, 15) is 0 Å². The molecule has 15 heavy (non-hydrogen) atoms. The van der Waals surface area contributed by atoms with E-state index in [0.717, 1.165) is 25.2 Å². The number of nitrogens with zero attached hydrogens (tertiary/aromatic N) is 2. The number of aryl methyl sites for hydroxylation is 1. The maximum Gasteiger partial charge on any atom is 0.149 e. The fourth-order valence-electron chi connectivity index (χ4n) is 1.51. The van der Waals surface area contributed by atoms with Gasteiger partial charge in [-0.05, 0) is 24.3 Å². The van der Waals surface area contributed by atoms with Crippen LogP contribution in [0.25, 0.3) is 10.7 Å². The van der Waals surface area contributed by atoms with E-state index in [1.807, 2.05) is 18.5 Å². The molecule has 2 aromatic rings. The third-order valence-corrected chi connectivity index (χ3v) is 3.13. The van der Waals surface area contributed by atoms with E-state index >= 15 is 0 Å². The molecule has 0 unspecified atom stereocenters. The van der Waals surface area contributed by atoms with Gasteiger partial charge in [0.15, 0.2) is 0 Å². The molecular weight excluding hydrogens is 208 g/mol. The van der Waals surface area contributed by atoms with Gasteiger partial charge in [-0.2, -0.15) is 0 Å². The van der Waals surface area contributed by atoms with Gasteiger partial charge in [0, 0.05) is 25.5 Å². The first-order valence-electron chi connectivity index (χ1n) is 5.07. The summed E-state index contributed by atoms with van der Waals surface area (Å²) in [6.07, 6.45) is 5.66. The standard InChI is InChI=1S/C11H14N2OS/c14-8-2-1-6-13-7-5-12-11(13)10-4-3-9-15-10/h3-5,7,9,14H,1-2,6,8H2. The molecule has 0 amide bonds. The molecule has 0 aliphatic rings. The van der Waals surface area contributed by atoms with Gasteiger partial charge in [0.1, 0.15) is 5.82 Å². The van der Waals surface area contributed by atoms with Crippen LogP contribution in [0.1, 0.15) is 12.8 Å². The van der Waals surface area contributed by atoms with Crippen molar-refractivity contribution >= 4 is 11.3 Å². The Morgan fingerprint density at radius 1 is 1.40 bits per heavy atom. The molecule has 2 heterocycles. The topological polar surface area (TPSA) is 38.0 Å². The Morgan fingerprint density at radius 3 is 3.07 bits per heavy atom. The number of rotatable bonds is 5. The van der Waals surface area contributed by atoms with E-state index < -0.39 is 0 Å². The number of aromatic nitrogens is 2. The summed E-state index contributed by atoms with van der Waals surface area (Å²) in [7, 11) is 0. The van der Waals surface area contributed by atoms with Crippen molar-refractivity contribution in [2.24, 2.45) is 0 Å². The van der Waals surface area contributed by atoms with Gasteiger partial charge in [-0.3, -0.25) is 0 Å². The summed E-state index contributed by atoms with van der Waals surface area (Å²) >= 11 is 1.70. The summed E-state index contributed by atoms with van der Waals surface area (Å²) in [4.78, 5) is 5.55. The normalized spacial score (nSPS) is 10.7. The molecule has 3 nitrogen and oxygen atoms in total. The van der Waals surface area contributed by atoms with Crippen LogP contribution >= 0.6 is 11.3 Å². The molecule has 80 valence electrons. The predicted molar refractivity (Wildman–Crippen MR) is 61.9 cm³/mol. The molecule has 0 fully saturated rings. The molecular formula is C11H14N2OS. The van der Waals surface area contributed by atoms with Gasteiger partial charge < -0.3 is 9.67 Å². The molecule has 0 spiro atoms. The van der Waals surface area contributed by atoms with Crippen LogP contribution in [-0.2, 0) is 6.54 Å². The van der Waals surface area contributed by atoms with Crippen LogP contribution in [0.5, 0.6) is 0 Å². The molecule has 0 saturated carbocycles. The van der Waals surface area contributed by atoms with E-state index in [1.54, 1.807) is 11.3 Å². The summed E-state index contributed by atoms with van der Waals surface area (Å²) in [5.41, 5.74) is 0. The van der Waals surface area contributed by atoms with Gasteiger partial charge in [0.2, 0.25) is 0 Å². The second-order valence-electron chi connectivity index (χ2n) is 3.35. The van der Waals surface area contributed by atoms with Crippen LogP contribution in [0.15, 0.2) is 29.9 Å². The minimum Gasteiger partial charge on any atom is -0.396 e. The summed E-state index contributed by atoms with van der Waals surface area (Å²) in [5, 5.41) is 10.8. The quantitative estimate of drug-likeness (QED) is 0.789. The van der Waals surface area contributed by atoms with Crippen molar-refractivity contribution in [2.45, 2.75) is 19.4 Å². The zero-order chi connectivity index (χ0) is 10.5. The molecule has 0 radical (unpaired) electrons. The number of aliphatic hydroxyl groups is 1. The Hall–Kier alpha value is -1.13. The molecule has 0 saturated heterocycles. The largest absolute Gasteiger partial charge is 0.396 e. The summed E-state index contributed by atoms with van der Waals surface area (Å²) in [6.45, 7) is 1.19. The highest BCUT2D eigenvalue weighted by molar-refractivity contribution is 7.13. The van der Waals surface area contributed by atoms with Crippen molar-refractivity contribution < 1.29 is 5.11 Å². The number of unbranched alkanes of at least 4 members (excludes halogenated alkanes) is 1. The highest BCUT2D eigenvalue weighted by atomic mass is 32.1. The second kappa shape index (κ2) is 5.09. The van der Waals surface area contributed by atoms with Gasteiger partial charge >= 0.3 is 0 Å². The highest BCUT2D eigenvalue weighted by Crippen LogP contribution is 2.22. The summed E-state index contributed by atoms with van der Waals surface area (Å²) in [6, 6.07) is 4.11. The van der Waals surface area contributed by atoms with Crippen LogP contribution < -0.4 is 0 Å². The van der Waals surface area contributed by atoms with E-state index in [0.29, 0.717) is 0 Å². The smallest absolute Gasteiger partial charge is 0.149 e. The molecule has 0 aliphatic heterocycles. The van der Waals surface area contributed by atoms with Crippen LogP contribution in [0, 0.1) is 0 Å². The first kappa shape index (κ1) is 10.4. The van der Waals surface area contributed by atoms with Gasteiger partial charge in [0.25, 0.3) is 0 Å². The van der Waals surface area contributed by atoms with Crippen molar-refractivity contribution in [2.75, 3.05) is 6.61 Å². The van der Waals surface area contributed by atoms with Crippen molar-refractivity contribution in [3.63, 3.8) is 0 Å². The Balaban J connectivity index is 2.09. The minimum atomic E-state index is 0.267. The fraction of sp³-hybridized carbons (Fsp3) is 0.364. The number of hydrogen-bond donors (Lipinski definition) is 1. The zero-order valence-corrected chi connectivity index (χ0v) is 9.28. The molecule has 2 aromatic heterocycles. The summed E-state index contributed by atoms with van der Waals surface area (Å²) in [5.74, 6) is 1.03. The van der Waals surface area contributed by atoms with Gasteiger partial charge in [-0.1, -0.05) is 6.07 Å². The van der Waals surface area contributed by atoms with E-state index in [-0.39, 0.29) is 6.61 Å². The molecule has 0 aromatic carbocycles. The summed E-state index contributed by atoms with van der Waals surface area (Å²) < 4.78 is 2.14. The second-order valence-corrected chi connectivity index (χ2v) is 4.30. The lowest BCUT2D eigenvalue weighted by Gasteiger charge is -2.05. The number of aliphatic hydroxyl groups excluding tert-OH is 1. The van der Waals surface area contributed by atoms with Gasteiger partial charge in [-0.25, -0.2) is 4.98 Å². The number of imidazole rings is 1. The molecule has 1 N–H and O–H groups in total. The van der Waals surface area contributed by atoms with E-state index in [4.69, 9.17) is 5.11 Å². The van der Waals surface area contributed by atoms with Crippen LogP contribution in [0.4, 0.5) is 0 Å². The highest BCUT2D eigenvalue weighted by Gasteiger charge is 2.05. The molecule has 2 rings (SSSR count). The van der Waals surface area contributed by atoms with Crippen LogP contribution in [-0.4, -0.2) is 21.3 Å². The Bertz CT molecular complexity index is 394. The van der Waals surface area contributed by atoms with E-state index in [1.165, 1.54) is 4.88 Å². The molecule has 0 atom stereocenters. The fourth-order valence-corrected chi connectivity index (χ4v) is 2.25. The third kappa shape index (κ3) is 2.46. The van der Waals surface area contributed by atoms with Crippen molar-refractivity contribution in [1.82, 2.24) is 9.55 Å². The van der Waals surface area contributed by atoms with E-state index in [2.05, 4.69) is 21.0 Å². The van der Waals surface area contributed by atoms with Gasteiger partial charge in [-0.15, -0.1) is 11.3 Å². The monoisotopic (exact) mass is 222 g/mol. The number of hydrogen-bond acceptors (Lipinski definition) is 3. The maximum absolute atomic E-state index is 8.73. The van der Waals surface area contributed by atoms with Gasteiger partial charge in [0.05, 0.1) is 4.88 Å². The van der Waals surface area contributed by atoms with Crippen LogP contribution in [0.3, 0.4) is 0 Å². The van der Waals surface area contributed by atoms with Crippen molar-refractivity contribution in [3.05, 3.63) is 29.9 Å². The third-order valence-electron chi connectivity index (χ3n) is 2.26. The lowest BCUT2D eigenvalue weighted by Crippen LogP contribution is -1.99. The Morgan fingerprint density at radius 2 is 2.33 bits per heavy atom. The lowest BCUT2D eigenvalue weighted by molar-refractivity contribution is 0.281. The predicted octanol–water partition coefficient (Wildman–Crippen LogP) is 2.38. The zero-order valence-electron chi connectivity index (χ0n) is 8.47. The van der Waals surface area contributed by atoms with Crippen molar-refractivity contribution in [1.29, 1.82) is 0 Å². The average molecular weight is 222 g/mol. The average Bonchev–Trinajstić information content (AvgIpc) is 2.87. The first-order valence-corrected chi connectivity index (χ1v) is 5.95. The Kier molecular flexibility index (Phi) is 3.53. The molecule has 0 bridgehead atoms. The minimum absolute atomic E-state index is 0.267. The van der Waals surface area contributed by atoms with Crippen molar-refractivity contribution in [3.8, 4) is 10.7 Å². The molecule has 4 heteroatoms.